The van der Waals surface area contributed by atoms with Crippen LogP contribution in [0, 0.1) is 0 Å². The summed E-state index contributed by atoms with van der Waals surface area (Å²) in [4.78, 5) is 25.3. The number of benzene rings is 3. The third-order valence-corrected chi connectivity index (χ3v) is 5.37. The van der Waals surface area contributed by atoms with Gasteiger partial charge in [-0.3, -0.25) is 9.59 Å². The monoisotopic (exact) mass is 470 g/mol. The highest BCUT2D eigenvalue weighted by molar-refractivity contribution is 6.00. The number of rotatable bonds is 9. The number of phenols is 1. The molecule has 4 aromatic rings. The van der Waals surface area contributed by atoms with Crippen LogP contribution < -0.4 is 15.4 Å². The lowest BCUT2D eigenvalue weighted by molar-refractivity contribution is 0.0951. The molecule has 0 spiro atoms. The molecule has 35 heavy (non-hydrogen) atoms. The molecular weight excluding hydrogens is 444 g/mol. The van der Waals surface area contributed by atoms with E-state index in [0.29, 0.717) is 47.6 Å². The number of amides is 2. The molecule has 0 unspecified atom stereocenters. The molecule has 2 amide bonds. The van der Waals surface area contributed by atoms with Gasteiger partial charge in [0.2, 0.25) is 0 Å². The second-order valence-electron chi connectivity index (χ2n) is 7.79. The first kappa shape index (κ1) is 23.6. The van der Waals surface area contributed by atoms with Gasteiger partial charge in [0.15, 0.2) is 0 Å². The van der Waals surface area contributed by atoms with E-state index in [9.17, 15) is 14.7 Å². The van der Waals surface area contributed by atoms with E-state index in [-0.39, 0.29) is 17.6 Å². The molecule has 0 aliphatic rings. The predicted octanol–water partition coefficient (Wildman–Crippen LogP) is 3.80. The third-order valence-electron chi connectivity index (χ3n) is 5.37. The van der Waals surface area contributed by atoms with Crippen LogP contribution in [0.15, 0.2) is 85.1 Å². The number of methoxy groups -OCH3 is 1. The minimum atomic E-state index is -0.283. The van der Waals surface area contributed by atoms with E-state index in [2.05, 4.69) is 15.7 Å². The molecule has 1 heterocycles. The molecule has 178 valence electrons. The number of carbonyl (C=O) groups is 2. The fraction of sp³-hybridized carbons (Fsp3) is 0.148. The van der Waals surface area contributed by atoms with E-state index in [1.807, 2.05) is 54.6 Å². The van der Waals surface area contributed by atoms with Crippen LogP contribution in [0.5, 0.6) is 11.5 Å². The highest BCUT2D eigenvalue weighted by Gasteiger charge is 2.21. The lowest BCUT2D eigenvalue weighted by atomic mass is 10.1. The van der Waals surface area contributed by atoms with Crippen LogP contribution in [0.1, 0.15) is 27.1 Å². The van der Waals surface area contributed by atoms with Crippen molar-refractivity contribution in [3.05, 3.63) is 96.2 Å². The molecule has 1 aromatic heterocycles. The predicted molar refractivity (Wildman–Crippen MR) is 133 cm³/mol. The Balaban J connectivity index is 1.44. The van der Waals surface area contributed by atoms with Crippen molar-refractivity contribution >= 4 is 11.8 Å². The quantitative estimate of drug-likeness (QED) is 0.323. The number of ether oxygens (including phenoxy) is 1. The van der Waals surface area contributed by atoms with Gasteiger partial charge in [0.1, 0.15) is 17.2 Å². The maximum absolute atomic E-state index is 13.1. The van der Waals surface area contributed by atoms with E-state index < -0.39 is 0 Å². The van der Waals surface area contributed by atoms with Crippen LogP contribution in [0.3, 0.4) is 0 Å². The molecule has 0 fully saturated rings. The summed E-state index contributed by atoms with van der Waals surface area (Å²) >= 11 is 0. The lowest BCUT2D eigenvalue weighted by Gasteiger charge is -2.09. The minimum Gasteiger partial charge on any atom is -0.508 e. The van der Waals surface area contributed by atoms with Crippen molar-refractivity contribution in [1.82, 2.24) is 20.4 Å². The summed E-state index contributed by atoms with van der Waals surface area (Å²) in [6, 6.07) is 23.1. The normalized spacial score (nSPS) is 10.5. The van der Waals surface area contributed by atoms with E-state index in [1.54, 1.807) is 30.1 Å². The number of aromatic hydroxyl groups is 1. The Morgan fingerprint density at radius 1 is 0.914 bits per heavy atom. The Bertz CT molecular complexity index is 1320. The summed E-state index contributed by atoms with van der Waals surface area (Å²) in [5, 5.41) is 19.9. The van der Waals surface area contributed by atoms with Gasteiger partial charge in [-0.25, -0.2) is 4.68 Å². The Hall–Kier alpha value is -4.59. The zero-order valence-electron chi connectivity index (χ0n) is 19.3. The van der Waals surface area contributed by atoms with E-state index in [0.717, 1.165) is 5.69 Å². The van der Waals surface area contributed by atoms with Gasteiger partial charge < -0.3 is 20.5 Å². The van der Waals surface area contributed by atoms with Crippen molar-refractivity contribution in [2.75, 3.05) is 20.2 Å². The van der Waals surface area contributed by atoms with Gasteiger partial charge in [0.25, 0.3) is 11.8 Å². The maximum Gasteiger partial charge on any atom is 0.255 e. The first-order chi connectivity index (χ1) is 17.1. The van der Waals surface area contributed by atoms with Gasteiger partial charge in [0.05, 0.1) is 18.4 Å². The fourth-order valence-corrected chi connectivity index (χ4v) is 3.63. The van der Waals surface area contributed by atoms with Crippen LogP contribution in [0.25, 0.3) is 16.9 Å². The zero-order valence-corrected chi connectivity index (χ0v) is 19.3. The highest BCUT2D eigenvalue weighted by Crippen LogP contribution is 2.31. The summed E-state index contributed by atoms with van der Waals surface area (Å²) in [5.41, 5.74) is 2.86. The topological polar surface area (TPSA) is 105 Å². The van der Waals surface area contributed by atoms with Crippen molar-refractivity contribution in [1.29, 1.82) is 0 Å². The van der Waals surface area contributed by atoms with Crippen molar-refractivity contribution in [2.45, 2.75) is 6.42 Å². The van der Waals surface area contributed by atoms with Crippen molar-refractivity contribution in [3.63, 3.8) is 0 Å². The zero-order chi connectivity index (χ0) is 24.6. The fourth-order valence-electron chi connectivity index (χ4n) is 3.63. The van der Waals surface area contributed by atoms with Crippen molar-refractivity contribution in [3.8, 4) is 28.4 Å². The molecule has 0 saturated carbocycles. The van der Waals surface area contributed by atoms with Crippen molar-refractivity contribution < 1.29 is 19.4 Å². The van der Waals surface area contributed by atoms with E-state index in [1.165, 1.54) is 12.1 Å². The Morgan fingerprint density at radius 3 is 2.37 bits per heavy atom. The van der Waals surface area contributed by atoms with Gasteiger partial charge in [-0.1, -0.05) is 36.4 Å². The first-order valence-electron chi connectivity index (χ1n) is 11.2. The van der Waals surface area contributed by atoms with Crippen LogP contribution in [-0.4, -0.2) is 46.9 Å². The standard InChI is InChI=1S/C27H26N4O4/c1-35-24-14-6-5-13-22(24)25-23(18-31(30-25)20-10-3-2-4-11-20)27(34)29-16-8-15-28-26(33)19-9-7-12-21(32)17-19/h2-7,9-14,17-18,32H,8,15-16H2,1H3,(H,28,33)(H,29,34). The van der Waals surface area contributed by atoms with Crippen LogP contribution >= 0.6 is 0 Å². The summed E-state index contributed by atoms with van der Waals surface area (Å²) in [6.07, 6.45) is 2.24. The van der Waals surface area contributed by atoms with Gasteiger partial charge in [-0.05, 0) is 48.9 Å². The van der Waals surface area contributed by atoms with Gasteiger partial charge in [0, 0.05) is 30.4 Å². The Morgan fingerprint density at radius 2 is 1.63 bits per heavy atom. The first-order valence-corrected chi connectivity index (χ1v) is 11.2. The van der Waals surface area contributed by atoms with Crippen LogP contribution in [-0.2, 0) is 0 Å². The molecule has 0 aliphatic heterocycles. The average molecular weight is 471 g/mol. The van der Waals surface area contributed by atoms with Gasteiger partial charge >= 0.3 is 0 Å². The molecule has 0 bridgehead atoms. The summed E-state index contributed by atoms with van der Waals surface area (Å²) in [6.45, 7) is 0.735. The number of para-hydroxylation sites is 2. The van der Waals surface area contributed by atoms with Crippen LogP contribution in [0.2, 0.25) is 0 Å². The molecule has 0 saturated heterocycles. The van der Waals surface area contributed by atoms with Crippen molar-refractivity contribution in [2.24, 2.45) is 0 Å². The van der Waals surface area contributed by atoms with Crippen LogP contribution in [0.4, 0.5) is 0 Å². The second kappa shape index (κ2) is 11.0. The Kier molecular flexibility index (Phi) is 7.42. The number of hydrogen-bond donors (Lipinski definition) is 3. The lowest BCUT2D eigenvalue weighted by Crippen LogP contribution is -2.30. The average Bonchev–Trinajstić information content (AvgIpc) is 3.34. The number of phenolic OH excluding ortho intramolecular Hbond substituents is 1. The Labute approximate surface area is 203 Å². The van der Waals surface area contributed by atoms with Gasteiger partial charge in [-0.15, -0.1) is 0 Å². The molecule has 8 heteroatoms. The number of nitrogens with zero attached hydrogens (tertiary/aromatic N) is 2. The molecule has 3 aromatic carbocycles. The molecular formula is C27H26N4O4. The molecule has 3 N–H and O–H groups in total. The minimum absolute atomic E-state index is 0.0341. The number of aromatic nitrogens is 2. The number of nitrogens with one attached hydrogen (secondary N) is 2. The second-order valence-corrected chi connectivity index (χ2v) is 7.79. The molecule has 0 aliphatic carbocycles. The maximum atomic E-state index is 13.1. The molecule has 8 nitrogen and oxygen atoms in total. The molecule has 0 atom stereocenters. The summed E-state index contributed by atoms with van der Waals surface area (Å²) in [5.74, 6) is 0.101. The molecule has 0 radical (unpaired) electrons. The number of carbonyl (C=O) groups excluding carboxylic acids is 2. The smallest absolute Gasteiger partial charge is 0.255 e. The summed E-state index contributed by atoms with van der Waals surface area (Å²) in [7, 11) is 1.58. The molecule has 4 rings (SSSR count). The largest absolute Gasteiger partial charge is 0.508 e. The van der Waals surface area contributed by atoms with E-state index in [4.69, 9.17) is 4.74 Å². The number of hydrogen-bond acceptors (Lipinski definition) is 5. The highest BCUT2D eigenvalue weighted by atomic mass is 16.5. The van der Waals surface area contributed by atoms with E-state index >= 15 is 0 Å². The van der Waals surface area contributed by atoms with Gasteiger partial charge in [-0.2, -0.15) is 5.10 Å². The summed E-state index contributed by atoms with van der Waals surface area (Å²) < 4.78 is 7.16. The SMILES string of the molecule is COc1ccccc1-c1nn(-c2ccccc2)cc1C(=O)NCCCNC(=O)c1cccc(O)c1. The third kappa shape index (κ3) is 5.67.